The molecule has 1 aromatic carbocycles. The number of likely N-dealkylation sites (N-methyl/N-ethyl adjacent to an activating group) is 1. The number of unbranched alkanes of at least 4 members (excludes halogenated alkanes) is 1. The summed E-state index contributed by atoms with van der Waals surface area (Å²) in [4.78, 5) is 48.2. The highest BCUT2D eigenvalue weighted by atomic mass is 16.6. The van der Waals surface area contributed by atoms with E-state index < -0.39 is 18.3 Å². The minimum absolute atomic E-state index is 0.0794. The van der Waals surface area contributed by atoms with Crippen molar-refractivity contribution in [2.75, 3.05) is 18.5 Å². The number of aliphatic carboxylic acids is 1. The summed E-state index contributed by atoms with van der Waals surface area (Å²) in [5.74, 6) is -1.54. The van der Waals surface area contributed by atoms with Crippen LogP contribution < -0.4 is 20.3 Å². The zero-order valence-electron chi connectivity index (χ0n) is 19.1. The van der Waals surface area contributed by atoms with Gasteiger partial charge in [-0.05, 0) is 50.0 Å². The molecule has 10 heteroatoms. The molecule has 4 N–H and O–H groups in total. The first-order valence-corrected chi connectivity index (χ1v) is 10.8. The van der Waals surface area contributed by atoms with Gasteiger partial charge in [-0.2, -0.15) is 0 Å². The van der Waals surface area contributed by atoms with Crippen LogP contribution in [0.3, 0.4) is 0 Å². The van der Waals surface area contributed by atoms with E-state index in [0.717, 1.165) is 11.1 Å². The molecule has 2 atom stereocenters. The van der Waals surface area contributed by atoms with Gasteiger partial charge in [-0.15, -0.1) is 0 Å². The van der Waals surface area contributed by atoms with E-state index in [1.54, 1.807) is 25.3 Å². The summed E-state index contributed by atoms with van der Waals surface area (Å²) in [6.07, 6.45) is 1.75. The molecule has 2 rings (SSSR count). The standard InChI is InChI=1S/C23H31N3O7/c1-14-12-22(31)33-19-13-16(7-8-17(14)19)26(3)23(32)18(25-15(2)27)6-4-5-11-24-20(28)9-10-21(29)30/h7-8,12-13,18,22,31H,4-6,9-11H2,1-3H3,(H,24,28)(H,25,27)(H,29,30)/t18-,22?/m0/s1. The maximum Gasteiger partial charge on any atom is 0.303 e. The van der Waals surface area contributed by atoms with Crippen molar-refractivity contribution in [1.82, 2.24) is 10.6 Å². The van der Waals surface area contributed by atoms with Gasteiger partial charge in [0.25, 0.3) is 0 Å². The molecule has 0 saturated carbocycles. The van der Waals surface area contributed by atoms with E-state index in [0.29, 0.717) is 37.2 Å². The van der Waals surface area contributed by atoms with Gasteiger partial charge < -0.3 is 30.5 Å². The molecule has 3 amide bonds. The number of carbonyl (C=O) groups is 4. The number of rotatable bonds is 11. The zero-order valence-corrected chi connectivity index (χ0v) is 19.1. The number of carbonyl (C=O) groups excluding carboxylic acids is 3. The Morgan fingerprint density at radius 1 is 1.18 bits per heavy atom. The number of aliphatic hydroxyl groups excluding tert-OH is 1. The van der Waals surface area contributed by atoms with Gasteiger partial charge in [-0.3, -0.25) is 19.2 Å². The van der Waals surface area contributed by atoms with Gasteiger partial charge in [-0.1, -0.05) is 0 Å². The quantitative estimate of drug-likeness (QED) is 0.365. The maximum atomic E-state index is 13.1. The van der Waals surface area contributed by atoms with Crippen molar-refractivity contribution in [3.63, 3.8) is 0 Å². The molecule has 10 nitrogen and oxygen atoms in total. The third-order valence-corrected chi connectivity index (χ3v) is 5.23. The van der Waals surface area contributed by atoms with E-state index >= 15 is 0 Å². The molecule has 33 heavy (non-hydrogen) atoms. The number of ether oxygens (including phenoxy) is 1. The van der Waals surface area contributed by atoms with Gasteiger partial charge in [0.15, 0.2) is 0 Å². The smallest absolute Gasteiger partial charge is 0.303 e. The van der Waals surface area contributed by atoms with Gasteiger partial charge >= 0.3 is 5.97 Å². The fraction of sp³-hybridized carbons (Fsp3) is 0.478. The van der Waals surface area contributed by atoms with Gasteiger partial charge in [0.2, 0.25) is 24.0 Å². The predicted molar refractivity (Wildman–Crippen MR) is 121 cm³/mol. The summed E-state index contributed by atoms with van der Waals surface area (Å²) in [7, 11) is 1.60. The number of hydrogen-bond donors (Lipinski definition) is 4. The Balaban J connectivity index is 1.94. The molecule has 0 saturated heterocycles. The number of hydrogen-bond acceptors (Lipinski definition) is 6. The van der Waals surface area contributed by atoms with Gasteiger partial charge in [0, 0.05) is 44.3 Å². The molecule has 0 aromatic heterocycles. The van der Waals surface area contributed by atoms with Crippen LogP contribution >= 0.6 is 0 Å². The Morgan fingerprint density at radius 2 is 1.91 bits per heavy atom. The summed E-state index contributed by atoms with van der Waals surface area (Å²) in [5.41, 5.74) is 2.26. The summed E-state index contributed by atoms with van der Waals surface area (Å²) in [6, 6.07) is 4.50. The number of allylic oxidation sites excluding steroid dienone is 1. The molecule has 0 aliphatic carbocycles. The van der Waals surface area contributed by atoms with E-state index in [4.69, 9.17) is 9.84 Å². The first-order valence-electron chi connectivity index (χ1n) is 10.8. The second-order valence-corrected chi connectivity index (χ2v) is 7.93. The van der Waals surface area contributed by atoms with Gasteiger partial charge in [0.1, 0.15) is 11.8 Å². The summed E-state index contributed by atoms with van der Waals surface area (Å²) in [5, 5.41) is 23.7. The minimum atomic E-state index is -1.05. The lowest BCUT2D eigenvalue weighted by molar-refractivity contribution is -0.138. The Labute approximate surface area is 192 Å². The number of nitrogens with one attached hydrogen (secondary N) is 2. The van der Waals surface area contributed by atoms with Crippen LogP contribution in [0.15, 0.2) is 24.3 Å². The number of nitrogens with zero attached hydrogens (tertiary/aromatic N) is 1. The van der Waals surface area contributed by atoms with E-state index in [-0.39, 0.29) is 30.6 Å². The molecule has 1 aliphatic rings. The van der Waals surface area contributed by atoms with Crippen molar-refractivity contribution < 1.29 is 34.1 Å². The average molecular weight is 462 g/mol. The van der Waals surface area contributed by atoms with Crippen LogP contribution in [0.25, 0.3) is 5.57 Å². The van der Waals surface area contributed by atoms with Gasteiger partial charge in [0.05, 0.1) is 6.42 Å². The van der Waals surface area contributed by atoms with E-state index in [1.165, 1.54) is 11.8 Å². The van der Waals surface area contributed by atoms with Crippen LogP contribution in [0.4, 0.5) is 5.69 Å². The highest BCUT2D eigenvalue weighted by Crippen LogP contribution is 2.34. The highest BCUT2D eigenvalue weighted by Gasteiger charge is 2.25. The zero-order chi connectivity index (χ0) is 24.5. The van der Waals surface area contributed by atoms with Crippen molar-refractivity contribution in [1.29, 1.82) is 0 Å². The van der Waals surface area contributed by atoms with Crippen LogP contribution in [0, 0.1) is 0 Å². The average Bonchev–Trinajstić information content (AvgIpc) is 2.74. The second kappa shape index (κ2) is 12.0. The minimum Gasteiger partial charge on any atom is -0.481 e. The van der Waals surface area contributed by atoms with Crippen LogP contribution in [0.5, 0.6) is 5.75 Å². The molecule has 0 fully saturated rings. The summed E-state index contributed by atoms with van der Waals surface area (Å²) < 4.78 is 5.44. The maximum absolute atomic E-state index is 13.1. The van der Waals surface area contributed by atoms with E-state index in [9.17, 15) is 24.3 Å². The van der Waals surface area contributed by atoms with Crippen molar-refractivity contribution >= 4 is 35.0 Å². The van der Waals surface area contributed by atoms with Crippen molar-refractivity contribution in [2.24, 2.45) is 0 Å². The van der Waals surface area contributed by atoms with Crippen LogP contribution in [0.2, 0.25) is 0 Å². The molecular weight excluding hydrogens is 430 g/mol. The third kappa shape index (κ3) is 7.90. The summed E-state index contributed by atoms with van der Waals surface area (Å²) >= 11 is 0. The molecule has 1 unspecified atom stereocenters. The predicted octanol–water partition coefficient (Wildman–Crippen LogP) is 1.42. The molecule has 0 bridgehead atoms. The molecule has 1 heterocycles. The monoisotopic (exact) mass is 461 g/mol. The van der Waals surface area contributed by atoms with Crippen LogP contribution in [-0.2, 0) is 19.2 Å². The van der Waals surface area contributed by atoms with Crippen LogP contribution in [-0.4, -0.2) is 59.8 Å². The lowest BCUT2D eigenvalue weighted by atomic mass is 10.0. The fourth-order valence-corrected chi connectivity index (χ4v) is 3.48. The molecule has 1 aliphatic heterocycles. The molecule has 0 spiro atoms. The number of amides is 3. The van der Waals surface area contributed by atoms with Crippen LogP contribution in [0.1, 0.15) is 51.5 Å². The van der Waals surface area contributed by atoms with Crippen molar-refractivity contribution in [3.8, 4) is 5.75 Å². The Bertz CT molecular complexity index is 929. The van der Waals surface area contributed by atoms with Gasteiger partial charge in [-0.25, -0.2) is 0 Å². The van der Waals surface area contributed by atoms with Crippen molar-refractivity contribution in [2.45, 2.75) is 58.3 Å². The Morgan fingerprint density at radius 3 is 2.58 bits per heavy atom. The molecule has 1 aromatic rings. The largest absolute Gasteiger partial charge is 0.481 e. The number of carboxylic acid groups (broad SMARTS) is 1. The van der Waals surface area contributed by atoms with E-state index in [1.807, 2.05) is 13.0 Å². The number of anilines is 1. The molecule has 0 radical (unpaired) electrons. The Hall–Kier alpha value is -3.40. The Kier molecular flexibility index (Phi) is 9.41. The first kappa shape index (κ1) is 25.9. The highest BCUT2D eigenvalue weighted by molar-refractivity contribution is 5.99. The van der Waals surface area contributed by atoms with E-state index in [2.05, 4.69) is 10.6 Å². The topological polar surface area (TPSA) is 145 Å². The number of carboxylic acids is 1. The first-order chi connectivity index (χ1) is 15.6. The summed E-state index contributed by atoms with van der Waals surface area (Å²) in [6.45, 7) is 3.55. The fourth-order valence-electron chi connectivity index (χ4n) is 3.48. The molecule has 180 valence electrons. The lowest BCUT2D eigenvalue weighted by Crippen LogP contribution is -2.47. The number of fused-ring (bicyclic) bond motifs is 1. The lowest BCUT2D eigenvalue weighted by Gasteiger charge is -2.26. The number of aliphatic hydroxyl groups is 1. The van der Waals surface area contributed by atoms with Crippen molar-refractivity contribution in [3.05, 3.63) is 29.8 Å². The normalized spacial score (nSPS) is 15.4. The molecular formula is C23H31N3O7. The number of benzene rings is 1. The second-order valence-electron chi connectivity index (χ2n) is 7.93. The third-order valence-electron chi connectivity index (χ3n) is 5.23. The SMILES string of the molecule is CC(=O)N[C@@H](CCCCNC(=O)CCC(=O)O)C(=O)N(C)c1ccc2c(c1)OC(O)C=C2C.